The molecule has 28 heavy (non-hydrogen) atoms. The van der Waals surface area contributed by atoms with Crippen molar-refractivity contribution in [2.75, 3.05) is 6.54 Å². The number of halogens is 1. The molecule has 0 saturated carbocycles. The molecule has 0 radical (unpaired) electrons. The van der Waals surface area contributed by atoms with Crippen LogP contribution in [0.4, 0.5) is 0 Å². The average molecular weight is 403 g/mol. The first kappa shape index (κ1) is 21.8. The molecule has 2 N–H and O–H groups in total. The molecule has 0 bridgehead atoms. The first-order valence-corrected chi connectivity index (χ1v) is 9.89. The second kappa shape index (κ2) is 10.7. The second-order valence-electron chi connectivity index (χ2n) is 6.86. The van der Waals surface area contributed by atoms with Crippen LogP contribution in [0, 0.1) is 6.92 Å². The molecule has 0 fully saturated rings. The zero-order valence-corrected chi connectivity index (χ0v) is 17.1. The van der Waals surface area contributed by atoms with Gasteiger partial charge in [-0.1, -0.05) is 49.2 Å². The molecule has 2 aromatic rings. The first-order chi connectivity index (χ1) is 13.4. The van der Waals surface area contributed by atoms with Crippen molar-refractivity contribution in [2.45, 2.75) is 46.0 Å². The van der Waals surface area contributed by atoms with Crippen LogP contribution in [-0.2, 0) is 22.4 Å². The van der Waals surface area contributed by atoms with Crippen molar-refractivity contribution in [2.24, 2.45) is 0 Å². The van der Waals surface area contributed by atoms with Crippen LogP contribution in [0.25, 0.3) is 0 Å². The lowest BCUT2D eigenvalue weighted by Crippen LogP contribution is -2.47. The molecule has 0 saturated heterocycles. The summed E-state index contributed by atoms with van der Waals surface area (Å²) in [7, 11) is 0. The predicted octanol–water partition coefficient (Wildman–Crippen LogP) is 4.19. The summed E-state index contributed by atoms with van der Waals surface area (Å²) in [5, 5.41) is 11.4. The van der Waals surface area contributed by atoms with Crippen LogP contribution in [-0.4, -0.2) is 28.5 Å². The van der Waals surface area contributed by atoms with Crippen molar-refractivity contribution in [3.63, 3.8) is 0 Å². The molecule has 0 aromatic heterocycles. The number of hydrogen-bond acceptors (Lipinski definition) is 3. The van der Waals surface area contributed by atoms with Gasteiger partial charge >= 0.3 is 0 Å². The summed E-state index contributed by atoms with van der Waals surface area (Å²) in [6.07, 6.45) is 2.71. The molecule has 0 spiro atoms. The van der Waals surface area contributed by atoms with Crippen LogP contribution < -0.4 is 5.43 Å². The molecular formula is C22H27ClN2O3. The number of aromatic hydroxyl groups is 1. The summed E-state index contributed by atoms with van der Waals surface area (Å²) in [4.78, 5) is 25.0. The highest BCUT2D eigenvalue weighted by Gasteiger charge is 2.17. The third-order valence-corrected chi connectivity index (χ3v) is 4.87. The van der Waals surface area contributed by atoms with Gasteiger partial charge in [-0.3, -0.25) is 20.0 Å². The minimum atomic E-state index is -0.209. The number of aryl methyl sites for hydroxylation is 2. The molecule has 0 atom stereocenters. The maximum absolute atomic E-state index is 12.7. The van der Waals surface area contributed by atoms with E-state index in [0.717, 1.165) is 29.5 Å². The van der Waals surface area contributed by atoms with Gasteiger partial charge in [-0.25, -0.2) is 0 Å². The van der Waals surface area contributed by atoms with Gasteiger partial charge in [0.25, 0.3) is 0 Å². The van der Waals surface area contributed by atoms with Gasteiger partial charge in [-0.2, -0.15) is 0 Å². The summed E-state index contributed by atoms with van der Waals surface area (Å²) < 4.78 is 0. The average Bonchev–Trinajstić information content (AvgIpc) is 2.67. The van der Waals surface area contributed by atoms with Crippen molar-refractivity contribution in [3.05, 3.63) is 64.2 Å². The Balaban J connectivity index is 1.94. The van der Waals surface area contributed by atoms with Gasteiger partial charge in [-0.05, 0) is 54.7 Å². The highest BCUT2D eigenvalue weighted by Crippen LogP contribution is 2.17. The van der Waals surface area contributed by atoms with Crippen molar-refractivity contribution in [1.82, 2.24) is 10.4 Å². The molecule has 6 heteroatoms. The summed E-state index contributed by atoms with van der Waals surface area (Å²) in [5.41, 5.74) is 5.48. The number of hydrazine groups is 1. The molecule has 0 heterocycles. The van der Waals surface area contributed by atoms with Crippen molar-refractivity contribution < 1.29 is 14.7 Å². The van der Waals surface area contributed by atoms with E-state index in [1.165, 1.54) is 5.01 Å². The summed E-state index contributed by atoms with van der Waals surface area (Å²) >= 11 is 6.14. The van der Waals surface area contributed by atoms with Crippen LogP contribution in [0.3, 0.4) is 0 Å². The molecule has 0 aliphatic carbocycles. The van der Waals surface area contributed by atoms with Gasteiger partial charge in [0.1, 0.15) is 5.75 Å². The molecule has 5 nitrogen and oxygen atoms in total. The van der Waals surface area contributed by atoms with Crippen molar-refractivity contribution >= 4 is 23.4 Å². The normalized spacial score (nSPS) is 10.5. The third-order valence-electron chi connectivity index (χ3n) is 4.46. The Morgan fingerprint density at radius 1 is 1.11 bits per heavy atom. The molecule has 150 valence electrons. The number of phenolic OH excluding ortho intramolecular Hbond substituents is 1. The Hall–Kier alpha value is -2.53. The monoisotopic (exact) mass is 402 g/mol. The number of phenols is 1. The van der Waals surface area contributed by atoms with E-state index in [1.807, 2.05) is 26.0 Å². The quantitative estimate of drug-likeness (QED) is 0.650. The number of rotatable bonds is 8. The fraction of sp³-hybridized carbons (Fsp3) is 0.364. The third kappa shape index (κ3) is 6.89. The lowest BCUT2D eigenvalue weighted by Gasteiger charge is -2.23. The maximum atomic E-state index is 12.7. The number of hydrogen-bond donors (Lipinski definition) is 2. The Morgan fingerprint density at radius 2 is 1.79 bits per heavy atom. The van der Waals surface area contributed by atoms with Gasteiger partial charge in [0, 0.05) is 18.0 Å². The highest BCUT2D eigenvalue weighted by molar-refractivity contribution is 6.31. The van der Waals surface area contributed by atoms with E-state index in [9.17, 15) is 14.7 Å². The lowest BCUT2D eigenvalue weighted by atomic mass is 10.1. The van der Waals surface area contributed by atoms with Gasteiger partial charge in [0.05, 0.1) is 6.42 Å². The number of benzene rings is 2. The largest absolute Gasteiger partial charge is 0.508 e. The molecule has 0 unspecified atom stereocenters. The molecule has 2 amide bonds. The van der Waals surface area contributed by atoms with Crippen LogP contribution in [0.5, 0.6) is 5.75 Å². The molecule has 0 aliphatic rings. The van der Waals surface area contributed by atoms with Crippen LogP contribution in [0.15, 0.2) is 42.5 Å². The number of carbonyl (C=O) groups excluding carboxylic acids is 2. The number of nitrogens with zero attached hydrogens (tertiary/aromatic N) is 1. The minimum absolute atomic E-state index is 0.161. The summed E-state index contributed by atoms with van der Waals surface area (Å²) in [6.45, 7) is 4.42. The molecular weight excluding hydrogens is 376 g/mol. The fourth-order valence-corrected chi connectivity index (χ4v) is 2.91. The van der Waals surface area contributed by atoms with Gasteiger partial charge in [0.2, 0.25) is 11.8 Å². The molecule has 2 rings (SSSR count). The number of nitrogens with one attached hydrogen (secondary N) is 1. The number of carbonyl (C=O) groups is 2. The highest BCUT2D eigenvalue weighted by atomic mass is 35.5. The van der Waals surface area contributed by atoms with E-state index in [0.29, 0.717) is 18.0 Å². The second-order valence-corrected chi connectivity index (χ2v) is 7.27. The van der Waals surface area contributed by atoms with Crippen molar-refractivity contribution in [1.29, 1.82) is 0 Å². The zero-order chi connectivity index (χ0) is 20.5. The van der Waals surface area contributed by atoms with Crippen LogP contribution >= 0.6 is 11.6 Å². The van der Waals surface area contributed by atoms with Crippen LogP contribution in [0.2, 0.25) is 5.02 Å². The molecule has 0 aliphatic heterocycles. The van der Waals surface area contributed by atoms with Crippen LogP contribution in [0.1, 0.15) is 42.9 Å². The summed E-state index contributed by atoms with van der Waals surface area (Å²) in [5.74, 6) is -0.174. The fourth-order valence-electron chi connectivity index (χ4n) is 2.70. The predicted molar refractivity (Wildman–Crippen MR) is 111 cm³/mol. The van der Waals surface area contributed by atoms with E-state index in [1.54, 1.807) is 30.3 Å². The minimum Gasteiger partial charge on any atom is -0.508 e. The molecule has 2 aromatic carbocycles. The standard InChI is InChI=1S/C22H27ClN2O3/c1-3-4-13-25(22(28)15-18-6-5-16(2)20(23)14-18)24-21(27)12-9-17-7-10-19(26)11-8-17/h5-8,10-11,14,26H,3-4,9,12-13,15H2,1-2H3,(H,24,27). The van der Waals surface area contributed by atoms with E-state index in [2.05, 4.69) is 5.43 Å². The smallest absolute Gasteiger partial charge is 0.245 e. The maximum Gasteiger partial charge on any atom is 0.245 e. The van der Waals surface area contributed by atoms with Gasteiger partial charge in [-0.15, -0.1) is 0 Å². The number of amides is 2. The Kier molecular flexibility index (Phi) is 8.33. The topological polar surface area (TPSA) is 69.6 Å². The first-order valence-electron chi connectivity index (χ1n) is 9.52. The van der Waals surface area contributed by atoms with Crippen molar-refractivity contribution in [3.8, 4) is 5.75 Å². The summed E-state index contributed by atoms with van der Waals surface area (Å²) in [6, 6.07) is 12.3. The lowest BCUT2D eigenvalue weighted by molar-refractivity contribution is -0.141. The van der Waals surface area contributed by atoms with Gasteiger partial charge in [0.15, 0.2) is 0 Å². The van der Waals surface area contributed by atoms with E-state index >= 15 is 0 Å². The Labute approximate surface area is 171 Å². The van der Waals surface area contributed by atoms with E-state index in [4.69, 9.17) is 11.6 Å². The van der Waals surface area contributed by atoms with E-state index in [-0.39, 0.29) is 30.4 Å². The zero-order valence-electron chi connectivity index (χ0n) is 16.4. The Bertz CT molecular complexity index is 806. The van der Waals surface area contributed by atoms with Gasteiger partial charge < -0.3 is 5.11 Å². The Morgan fingerprint density at radius 3 is 2.43 bits per heavy atom. The number of unbranched alkanes of at least 4 members (excludes halogenated alkanes) is 1. The van der Waals surface area contributed by atoms with E-state index < -0.39 is 0 Å². The SMILES string of the molecule is CCCCN(NC(=O)CCc1ccc(O)cc1)C(=O)Cc1ccc(C)c(Cl)c1.